The molecule has 18 heteroatoms. The first-order chi connectivity index (χ1) is 25.4. The Kier molecular flexibility index (Phi) is 10.5. The van der Waals surface area contributed by atoms with Gasteiger partial charge in [0.25, 0.3) is 17.4 Å². The third-order valence-electron chi connectivity index (χ3n) is 9.18. The van der Waals surface area contributed by atoms with E-state index in [-0.39, 0.29) is 53.5 Å². The second-order valence-corrected chi connectivity index (χ2v) is 16.4. The molecule has 280 valence electrons. The summed E-state index contributed by atoms with van der Waals surface area (Å²) in [5.41, 5.74) is 1.94. The number of sulfonamides is 1. The monoisotopic (exact) mass is 794 g/mol. The number of benzene rings is 1. The second-order valence-electron chi connectivity index (χ2n) is 13.3. The van der Waals surface area contributed by atoms with Crippen LogP contribution in [0.3, 0.4) is 0 Å². The number of nitrogens with zero attached hydrogens (tertiary/aromatic N) is 7. The van der Waals surface area contributed by atoms with Crippen molar-refractivity contribution in [2.45, 2.75) is 45.2 Å². The maximum Gasteiger partial charge on any atom is 0.293 e. The van der Waals surface area contributed by atoms with E-state index in [0.717, 1.165) is 13.2 Å². The van der Waals surface area contributed by atoms with Crippen LogP contribution in [0.2, 0.25) is 5.02 Å². The van der Waals surface area contributed by atoms with Gasteiger partial charge in [-0.1, -0.05) is 23.4 Å². The minimum absolute atomic E-state index is 0.00461. The number of aryl methyl sites for hydroxylation is 1. The number of amides is 1. The molecule has 0 spiro atoms. The zero-order valence-electron chi connectivity index (χ0n) is 29.5. The van der Waals surface area contributed by atoms with Crippen LogP contribution in [0, 0.1) is 35.3 Å². The van der Waals surface area contributed by atoms with E-state index in [2.05, 4.69) is 32.9 Å². The Morgan fingerprint density at radius 1 is 1.24 bits per heavy atom. The number of anilines is 1. The Bertz CT molecular complexity index is 2600. The lowest BCUT2D eigenvalue weighted by molar-refractivity contribution is -0.892. The number of hydrogen-bond acceptors (Lipinski definition) is 11. The Morgan fingerprint density at radius 2 is 1.96 bits per heavy atom. The molecule has 1 aromatic carbocycles. The van der Waals surface area contributed by atoms with Crippen LogP contribution in [0.5, 0.6) is 0 Å². The van der Waals surface area contributed by atoms with Crippen LogP contribution in [-0.2, 0) is 16.6 Å². The number of aromatic nitrogens is 4. The molecule has 0 saturated carbocycles. The number of piperidine rings is 1. The number of rotatable bonds is 8. The molecule has 5 aromatic rings. The van der Waals surface area contributed by atoms with Crippen molar-refractivity contribution in [1.29, 1.82) is 5.26 Å². The van der Waals surface area contributed by atoms with Crippen molar-refractivity contribution in [2.24, 2.45) is 0 Å². The van der Waals surface area contributed by atoms with Crippen molar-refractivity contribution < 1.29 is 26.6 Å². The number of hydrogen-bond donors (Lipinski definition) is 1. The highest BCUT2D eigenvalue weighted by Crippen LogP contribution is 2.37. The summed E-state index contributed by atoms with van der Waals surface area (Å²) in [5.74, 6) is 2.81. The molecule has 54 heavy (non-hydrogen) atoms. The lowest BCUT2D eigenvalue weighted by atomic mass is 10.00. The molecular formula is C36H33ClF2N8O5S2. The average molecular weight is 795 g/mol. The summed E-state index contributed by atoms with van der Waals surface area (Å²) in [7, 11) is -2.10. The van der Waals surface area contributed by atoms with Gasteiger partial charge in [0.1, 0.15) is 29.8 Å². The van der Waals surface area contributed by atoms with Crippen molar-refractivity contribution >= 4 is 65.8 Å². The van der Waals surface area contributed by atoms with Crippen LogP contribution >= 0.6 is 22.9 Å². The van der Waals surface area contributed by atoms with Gasteiger partial charge in [0, 0.05) is 66.1 Å². The first kappa shape index (κ1) is 38.7. The minimum atomic E-state index is -3.81. The summed E-state index contributed by atoms with van der Waals surface area (Å²) in [6, 6.07) is 8.66. The number of likely N-dealkylation sites (tertiary alicyclic amines) is 1. The molecule has 1 saturated heterocycles. The van der Waals surface area contributed by atoms with Gasteiger partial charge in [0.15, 0.2) is 0 Å². The third-order valence-corrected chi connectivity index (χ3v) is 11.0. The molecule has 0 bridgehead atoms. The van der Waals surface area contributed by atoms with Gasteiger partial charge in [-0.15, -0.1) is 11.3 Å². The standard InChI is InChI=1S/C36H33ClF2N8O5S2/c1-21-43-29-18-42-33(45(3)24-10-14-47(50,15-11-24)20-36(2,38)39)27(17-40)30(29)35(49)46(21)13-5-6-22-7-8-23(37)16-26(22)25-9-12-41-31-28(19-53-32(25)31)34(48)44-54(4,51)52/h7-9,12,16,18-19,24H,10-11,13-15,20H2,1-4H3,(H,44,48). The second kappa shape index (κ2) is 14.7. The van der Waals surface area contributed by atoms with Crippen LogP contribution < -0.4 is 15.2 Å². The summed E-state index contributed by atoms with van der Waals surface area (Å²) >= 11 is 7.61. The smallest absolute Gasteiger partial charge is 0.293 e. The summed E-state index contributed by atoms with van der Waals surface area (Å²) in [4.78, 5) is 41.7. The molecule has 1 aliphatic heterocycles. The maximum atomic E-state index is 14.0. The van der Waals surface area contributed by atoms with Gasteiger partial charge < -0.3 is 14.8 Å². The topological polar surface area (TPSA) is 174 Å². The number of quaternary nitrogens is 1. The van der Waals surface area contributed by atoms with Crippen LogP contribution in [0.1, 0.15) is 47.1 Å². The average Bonchev–Trinajstić information content (AvgIpc) is 3.53. The maximum absolute atomic E-state index is 14.0. The summed E-state index contributed by atoms with van der Waals surface area (Å²) < 4.78 is 53.6. The number of alkyl halides is 2. The van der Waals surface area contributed by atoms with Crippen molar-refractivity contribution in [1.82, 2.24) is 24.2 Å². The van der Waals surface area contributed by atoms with E-state index in [4.69, 9.17) is 11.6 Å². The predicted octanol–water partition coefficient (Wildman–Crippen LogP) is 5.21. The molecule has 0 radical (unpaired) electrons. The predicted molar refractivity (Wildman–Crippen MR) is 203 cm³/mol. The molecule has 0 atom stereocenters. The molecule has 1 N–H and O–H groups in total. The van der Waals surface area contributed by atoms with E-state index >= 15 is 0 Å². The van der Waals surface area contributed by atoms with Gasteiger partial charge in [0.2, 0.25) is 10.0 Å². The van der Waals surface area contributed by atoms with Gasteiger partial charge in [-0.3, -0.25) is 19.1 Å². The zero-order chi connectivity index (χ0) is 39.2. The van der Waals surface area contributed by atoms with E-state index in [0.29, 0.717) is 50.6 Å². The molecule has 0 aliphatic carbocycles. The molecule has 6 rings (SSSR count). The van der Waals surface area contributed by atoms with Crippen LogP contribution in [0.25, 0.3) is 32.2 Å². The molecular weight excluding hydrogens is 762 g/mol. The largest absolute Gasteiger partial charge is 0.633 e. The molecule has 1 aliphatic rings. The van der Waals surface area contributed by atoms with E-state index in [9.17, 15) is 37.3 Å². The molecule has 0 unspecified atom stereocenters. The fraction of sp³-hybridized carbons (Fsp3) is 0.333. The highest BCUT2D eigenvalue weighted by molar-refractivity contribution is 7.89. The molecule has 1 amide bonds. The molecule has 13 nitrogen and oxygen atoms in total. The Hall–Kier alpha value is -5.04. The van der Waals surface area contributed by atoms with Crippen LogP contribution in [-0.4, -0.2) is 83.4 Å². The van der Waals surface area contributed by atoms with E-state index in [1.54, 1.807) is 43.1 Å². The Morgan fingerprint density at radius 3 is 2.63 bits per heavy atom. The van der Waals surface area contributed by atoms with Crippen molar-refractivity contribution in [3.63, 3.8) is 0 Å². The number of nitrogens with one attached hydrogen (secondary N) is 1. The number of halogens is 3. The van der Waals surface area contributed by atoms with Gasteiger partial charge in [-0.2, -0.15) is 5.26 Å². The number of carbonyl (C=O) groups excluding carboxylic acids is 1. The van der Waals surface area contributed by atoms with Crippen molar-refractivity contribution in [3.8, 4) is 29.0 Å². The fourth-order valence-electron chi connectivity index (χ4n) is 6.71. The Balaban J connectivity index is 1.32. The number of thiophene rings is 1. The lowest BCUT2D eigenvalue weighted by Gasteiger charge is -2.49. The fourth-order valence-corrected chi connectivity index (χ4v) is 8.36. The third kappa shape index (κ3) is 8.06. The normalized spacial score (nSPS) is 17.5. The van der Waals surface area contributed by atoms with Gasteiger partial charge in [-0.05, 0) is 31.2 Å². The SMILES string of the molecule is Cc1nc2cnc(N(C)C3CC[N+]([O-])(CC(C)(F)F)CC3)c(C#N)c2c(=O)n1CC#Cc1ccc(Cl)cc1-c1ccnc2c(C(=O)NS(C)(=O)=O)csc12. The highest BCUT2D eigenvalue weighted by Gasteiger charge is 2.37. The number of pyridine rings is 2. The van der Waals surface area contributed by atoms with E-state index < -0.39 is 38.6 Å². The zero-order valence-corrected chi connectivity index (χ0v) is 31.9. The van der Waals surface area contributed by atoms with Crippen molar-refractivity contribution in [3.05, 3.63) is 85.1 Å². The van der Waals surface area contributed by atoms with Crippen LogP contribution in [0.4, 0.5) is 14.6 Å². The van der Waals surface area contributed by atoms with Gasteiger partial charge in [-0.25, -0.2) is 31.9 Å². The number of carbonyl (C=O) groups is 1. The number of fused-ring (bicyclic) bond motifs is 2. The summed E-state index contributed by atoms with van der Waals surface area (Å²) in [6.07, 6.45) is 4.40. The summed E-state index contributed by atoms with van der Waals surface area (Å²) in [6.45, 7) is 1.45. The lowest BCUT2D eigenvalue weighted by Crippen LogP contribution is -2.56. The van der Waals surface area contributed by atoms with Crippen molar-refractivity contribution in [2.75, 3.05) is 37.8 Å². The first-order valence-electron chi connectivity index (χ1n) is 16.5. The van der Waals surface area contributed by atoms with Gasteiger partial charge >= 0.3 is 0 Å². The number of nitriles is 1. The van der Waals surface area contributed by atoms with E-state index in [1.807, 2.05) is 4.72 Å². The molecule has 1 fully saturated rings. The highest BCUT2D eigenvalue weighted by atomic mass is 35.5. The number of hydroxylamine groups is 3. The quantitative estimate of drug-likeness (QED) is 0.125. The molecule has 4 aromatic heterocycles. The summed E-state index contributed by atoms with van der Waals surface area (Å²) in [5, 5.41) is 25.2. The Labute approximate surface area is 318 Å². The molecule has 5 heterocycles. The van der Waals surface area contributed by atoms with E-state index in [1.165, 1.54) is 33.7 Å². The van der Waals surface area contributed by atoms with Gasteiger partial charge in [0.05, 0.1) is 58.8 Å². The van der Waals surface area contributed by atoms with Crippen LogP contribution in [0.15, 0.2) is 46.8 Å². The first-order valence-corrected chi connectivity index (χ1v) is 19.7. The minimum Gasteiger partial charge on any atom is -0.633 e.